The molecule has 104 valence electrons. The second kappa shape index (κ2) is 8.63. The largest absolute Gasteiger partial charge is 0.356 e. The summed E-state index contributed by atoms with van der Waals surface area (Å²) in [4.78, 5) is 4.17. The first kappa shape index (κ1) is 17.6. The van der Waals surface area contributed by atoms with Crippen molar-refractivity contribution in [1.82, 2.24) is 10.6 Å². The van der Waals surface area contributed by atoms with Gasteiger partial charge in [-0.15, -0.1) is 30.4 Å². The fraction of sp³-hybridized carbons (Fsp3) is 0.786. The van der Waals surface area contributed by atoms with Crippen LogP contribution in [-0.2, 0) is 0 Å². The highest BCUT2D eigenvalue weighted by atomic mass is 127. The van der Waals surface area contributed by atoms with Gasteiger partial charge in [0, 0.05) is 13.6 Å². The molecule has 0 unspecified atom stereocenters. The highest BCUT2D eigenvalue weighted by molar-refractivity contribution is 14.0. The molecule has 3 nitrogen and oxygen atoms in total. The van der Waals surface area contributed by atoms with Crippen molar-refractivity contribution < 1.29 is 0 Å². The van der Waals surface area contributed by atoms with E-state index < -0.39 is 0 Å². The summed E-state index contributed by atoms with van der Waals surface area (Å²) >= 11 is 0. The maximum atomic E-state index is 5.22. The van der Waals surface area contributed by atoms with Gasteiger partial charge in [0.2, 0.25) is 0 Å². The zero-order chi connectivity index (χ0) is 12.7. The first-order chi connectivity index (χ1) is 8.12. The Morgan fingerprint density at radius 3 is 2.44 bits per heavy atom. The van der Waals surface area contributed by atoms with E-state index in [-0.39, 0.29) is 24.0 Å². The lowest BCUT2D eigenvalue weighted by atomic mass is 9.64. The molecule has 2 N–H and O–H groups in total. The molecule has 0 heterocycles. The lowest BCUT2D eigenvalue weighted by molar-refractivity contribution is 0.105. The Bertz CT molecular complexity index is 301. The van der Waals surface area contributed by atoms with Crippen molar-refractivity contribution in [3.8, 4) is 12.3 Å². The smallest absolute Gasteiger partial charge is 0.191 e. The third-order valence-corrected chi connectivity index (χ3v) is 3.47. The molecule has 1 aliphatic carbocycles. The van der Waals surface area contributed by atoms with E-state index >= 15 is 0 Å². The van der Waals surface area contributed by atoms with E-state index in [4.69, 9.17) is 6.42 Å². The van der Waals surface area contributed by atoms with Gasteiger partial charge in [-0.1, -0.05) is 26.2 Å². The summed E-state index contributed by atoms with van der Waals surface area (Å²) < 4.78 is 0. The van der Waals surface area contributed by atoms with E-state index in [0.717, 1.165) is 18.4 Å². The summed E-state index contributed by atoms with van der Waals surface area (Å²) in [6.07, 6.45) is 10.6. The van der Waals surface area contributed by atoms with Crippen LogP contribution in [0, 0.1) is 23.7 Å². The molecular formula is C14H26IN3. The highest BCUT2D eigenvalue weighted by Gasteiger charge is 2.37. The fourth-order valence-corrected chi connectivity index (χ4v) is 2.62. The molecule has 18 heavy (non-hydrogen) atoms. The molecule has 4 heteroatoms. The minimum absolute atomic E-state index is 0. The SMILES string of the molecule is C#CCNC(=NC)NCC1(CC(C)C)CCC1.I. The van der Waals surface area contributed by atoms with Gasteiger partial charge < -0.3 is 10.6 Å². The van der Waals surface area contributed by atoms with Gasteiger partial charge in [0.1, 0.15) is 0 Å². The molecule has 0 saturated heterocycles. The monoisotopic (exact) mass is 363 g/mol. The predicted molar refractivity (Wildman–Crippen MR) is 89.4 cm³/mol. The molecule has 0 bridgehead atoms. The molecular weight excluding hydrogens is 337 g/mol. The fourth-order valence-electron chi connectivity index (χ4n) is 2.62. The molecule has 0 amide bonds. The Hall–Kier alpha value is -0.440. The summed E-state index contributed by atoms with van der Waals surface area (Å²) in [6, 6.07) is 0. The number of nitrogens with one attached hydrogen (secondary N) is 2. The van der Waals surface area contributed by atoms with Gasteiger partial charge in [-0.25, -0.2) is 0 Å². The molecule has 0 aromatic heterocycles. The van der Waals surface area contributed by atoms with Crippen molar-refractivity contribution >= 4 is 29.9 Å². The van der Waals surface area contributed by atoms with Crippen LogP contribution in [0.1, 0.15) is 39.5 Å². The first-order valence-corrected chi connectivity index (χ1v) is 6.50. The summed E-state index contributed by atoms with van der Waals surface area (Å²) in [6.45, 7) is 6.13. The number of rotatable bonds is 5. The van der Waals surface area contributed by atoms with Crippen LogP contribution >= 0.6 is 24.0 Å². The predicted octanol–water partition coefficient (Wildman–Crippen LogP) is 2.62. The minimum Gasteiger partial charge on any atom is -0.356 e. The van der Waals surface area contributed by atoms with E-state index in [2.05, 4.69) is 35.4 Å². The first-order valence-electron chi connectivity index (χ1n) is 6.50. The van der Waals surface area contributed by atoms with Crippen LogP contribution in [0.4, 0.5) is 0 Å². The average molecular weight is 363 g/mol. The van der Waals surface area contributed by atoms with Gasteiger partial charge >= 0.3 is 0 Å². The average Bonchev–Trinajstić information content (AvgIpc) is 2.25. The molecule has 0 spiro atoms. The van der Waals surface area contributed by atoms with E-state index in [0.29, 0.717) is 12.0 Å². The van der Waals surface area contributed by atoms with Gasteiger partial charge in [-0.05, 0) is 30.6 Å². The lowest BCUT2D eigenvalue weighted by Crippen LogP contribution is -2.47. The summed E-state index contributed by atoms with van der Waals surface area (Å²) in [5.41, 5.74) is 0.488. The molecule has 1 fully saturated rings. The van der Waals surface area contributed by atoms with Crippen LogP contribution in [0.3, 0.4) is 0 Å². The third-order valence-electron chi connectivity index (χ3n) is 3.47. The molecule has 0 atom stereocenters. The van der Waals surface area contributed by atoms with Crippen molar-refractivity contribution in [1.29, 1.82) is 0 Å². The van der Waals surface area contributed by atoms with Crippen molar-refractivity contribution in [3.63, 3.8) is 0 Å². The standard InChI is InChI=1S/C14H25N3.HI/c1-5-9-16-13(15-4)17-11-14(7-6-8-14)10-12(2)3;/h1,12H,6-11H2,2-4H3,(H2,15,16,17);1H. The number of terminal acetylenes is 1. The van der Waals surface area contributed by atoms with Crippen molar-refractivity contribution in [2.24, 2.45) is 16.3 Å². The van der Waals surface area contributed by atoms with E-state index in [1.165, 1.54) is 25.7 Å². The molecule has 0 aromatic carbocycles. The Morgan fingerprint density at radius 1 is 1.39 bits per heavy atom. The number of hydrogen-bond donors (Lipinski definition) is 2. The Morgan fingerprint density at radius 2 is 2.06 bits per heavy atom. The molecule has 1 aliphatic rings. The van der Waals surface area contributed by atoms with Crippen LogP contribution in [0.25, 0.3) is 0 Å². The van der Waals surface area contributed by atoms with Crippen LogP contribution in [-0.4, -0.2) is 26.1 Å². The van der Waals surface area contributed by atoms with Crippen molar-refractivity contribution in [2.45, 2.75) is 39.5 Å². The molecule has 1 saturated carbocycles. The van der Waals surface area contributed by atoms with E-state index in [1.54, 1.807) is 7.05 Å². The molecule has 0 radical (unpaired) electrons. The van der Waals surface area contributed by atoms with Gasteiger partial charge in [-0.2, -0.15) is 0 Å². The Labute approximate surface area is 129 Å². The number of aliphatic imine (C=N–C) groups is 1. The summed E-state index contributed by atoms with van der Waals surface area (Å²) in [5.74, 6) is 4.14. The third kappa shape index (κ3) is 5.47. The van der Waals surface area contributed by atoms with E-state index in [1.807, 2.05) is 0 Å². The van der Waals surface area contributed by atoms with Gasteiger partial charge in [0.05, 0.1) is 6.54 Å². The van der Waals surface area contributed by atoms with Gasteiger partial charge in [-0.3, -0.25) is 4.99 Å². The molecule has 0 aliphatic heterocycles. The number of guanidine groups is 1. The van der Waals surface area contributed by atoms with Crippen molar-refractivity contribution in [2.75, 3.05) is 20.1 Å². The minimum atomic E-state index is 0. The zero-order valence-corrected chi connectivity index (χ0v) is 14.1. The normalized spacial score (nSPS) is 17.4. The van der Waals surface area contributed by atoms with Crippen LogP contribution in [0.5, 0.6) is 0 Å². The zero-order valence-electron chi connectivity index (χ0n) is 11.8. The maximum Gasteiger partial charge on any atom is 0.191 e. The van der Waals surface area contributed by atoms with E-state index in [9.17, 15) is 0 Å². The molecule has 1 rings (SSSR count). The maximum absolute atomic E-state index is 5.22. The second-order valence-corrected chi connectivity index (χ2v) is 5.43. The highest BCUT2D eigenvalue weighted by Crippen LogP contribution is 2.45. The Balaban J connectivity index is 0.00000289. The number of nitrogens with zero attached hydrogens (tertiary/aromatic N) is 1. The quantitative estimate of drug-likeness (QED) is 0.341. The van der Waals surface area contributed by atoms with Crippen molar-refractivity contribution in [3.05, 3.63) is 0 Å². The second-order valence-electron chi connectivity index (χ2n) is 5.43. The van der Waals surface area contributed by atoms with Crippen LogP contribution in [0.15, 0.2) is 4.99 Å². The number of hydrogen-bond acceptors (Lipinski definition) is 1. The van der Waals surface area contributed by atoms with Gasteiger partial charge in [0.15, 0.2) is 5.96 Å². The summed E-state index contributed by atoms with van der Waals surface area (Å²) in [5, 5.41) is 6.49. The number of halogens is 1. The lowest BCUT2D eigenvalue weighted by Gasteiger charge is -2.43. The van der Waals surface area contributed by atoms with Crippen LogP contribution in [0.2, 0.25) is 0 Å². The molecule has 0 aromatic rings. The van der Waals surface area contributed by atoms with Crippen LogP contribution < -0.4 is 10.6 Å². The van der Waals surface area contributed by atoms with Gasteiger partial charge in [0.25, 0.3) is 0 Å². The Kier molecular flexibility index (Phi) is 8.41. The summed E-state index contributed by atoms with van der Waals surface area (Å²) in [7, 11) is 1.78. The topological polar surface area (TPSA) is 36.4 Å².